The summed E-state index contributed by atoms with van der Waals surface area (Å²) in [5.41, 5.74) is 2.41. The van der Waals surface area contributed by atoms with Crippen LogP contribution in [0.15, 0.2) is 35.0 Å². The Morgan fingerprint density at radius 3 is 2.75 bits per heavy atom. The predicted molar refractivity (Wildman–Crippen MR) is 99.8 cm³/mol. The summed E-state index contributed by atoms with van der Waals surface area (Å²) in [4.78, 5) is 0. The van der Waals surface area contributed by atoms with Crippen molar-refractivity contribution in [3.05, 3.63) is 36.2 Å². The summed E-state index contributed by atoms with van der Waals surface area (Å²) >= 11 is 0. The van der Waals surface area contributed by atoms with E-state index in [1.165, 1.54) is 0 Å². The lowest BCUT2D eigenvalue weighted by atomic mass is 10.1. The third-order valence-corrected chi connectivity index (χ3v) is 4.53. The number of methoxy groups -OCH3 is 1. The summed E-state index contributed by atoms with van der Waals surface area (Å²) in [5, 5.41) is 27.5. The number of rotatable bonds is 4. The molecule has 0 amide bonds. The summed E-state index contributed by atoms with van der Waals surface area (Å²) in [6, 6.07) is 7.53. The Morgan fingerprint density at radius 2 is 2.04 bits per heavy atom. The average Bonchev–Trinajstić information content (AvgIpc) is 3.45. The van der Waals surface area contributed by atoms with E-state index in [4.69, 9.17) is 14.4 Å². The smallest absolute Gasteiger partial charge is 0.207 e. The molecule has 0 atom stereocenters. The maximum Gasteiger partial charge on any atom is 0.207 e. The van der Waals surface area contributed by atoms with Crippen molar-refractivity contribution in [2.75, 3.05) is 7.11 Å². The van der Waals surface area contributed by atoms with Crippen molar-refractivity contribution in [3.8, 4) is 28.7 Å². The third kappa shape index (κ3) is 2.34. The Morgan fingerprint density at radius 1 is 1.14 bits per heavy atom. The molecule has 0 aliphatic rings. The molecule has 0 saturated heterocycles. The molecule has 140 valence electrons. The minimum Gasteiger partial charge on any atom is -0.496 e. The Labute approximate surface area is 158 Å². The van der Waals surface area contributed by atoms with Gasteiger partial charge in [0.15, 0.2) is 11.3 Å². The number of aromatic nitrogens is 8. The molecular formula is C18H16N8O2. The van der Waals surface area contributed by atoms with Crippen LogP contribution in [0.3, 0.4) is 0 Å². The fourth-order valence-corrected chi connectivity index (χ4v) is 3.20. The zero-order valence-electron chi connectivity index (χ0n) is 15.5. The van der Waals surface area contributed by atoms with E-state index in [9.17, 15) is 0 Å². The molecule has 0 saturated carbocycles. The Bertz CT molecular complexity index is 1320. The molecule has 4 aromatic heterocycles. The minimum atomic E-state index is 0.487. The van der Waals surface area contributed by atoms with Gasteiger partial charge in [-0.05, 0) is 19.9 Å². The van der Waals surface area contributed by atoms with Gasteiger partial charge >= 0.3 is 0 Å². The summed E-state index contributed by atoms with van der Waals surface area (Å²) in [5.74, 6) is 1.84. The molecule has 28 heavy (non-hydrogen) atoms. The van der Waals surface area contributed by atoms with E-state index in [1.54, 1.807) is 22.4 Å². The Kier molecular flexibility index (Phi) is 3.57. The summed E-state index contributed by atoms with van der Waals surface area (Å²) < 4.78 is 14.2. The molecule has 1 aromatic carbocycles. The van der Waals surface area contributed by atoms with E-state index in [-0.39, 0.29) is 0 Å². The highest BCUT2D eigenvalue weighted by atomic mass is 16.5. The SMILES string of the molecule is CCn1cc(-c2nn3c(-c4cc(C)on4)nnc3c3cccc(OC)c23)nn1. The average molecular weight is 376 g/mol. The first-order valence-electron chi connectivity index (χ1n) is 8.76. The van der Waals surface area contributed by atoms with Gasteiger partial charge in [0.1, 0.15) is 22.9 Å². The van der Waals surface area contributed by atoms with Gasteiger partial charge in [0.25, 0.3) is 0 Å². The van der Waals surface area contributed by atoms with Crippen molar-refractivity contribution >= 4 is 16.4 Å². The summed E-state index contributed by atoms with van der Waals surface area (Å²) in [7, 11) is 1.62. The number of hydrogen-bond acceptors (Lipinski definition) is 8. The van der Waals surface area contributed by atoms with Gasteiger partial charge in [-0.25, -0.2) is 0 Å². The number of aryl methyl sites for hydroxylation is 2. The van der Waals surface area contributed by atoms with Gasteiger partial charge in [-0.15, -0.1) is 15.3 Å². The van der Waals surface area contributed by atoms with E-state index in [0.29, 0.717) is 46.6 Å². The number of benzene rings is 1. The lowest BCUT2D eigenvalue weighted by Crippen LogP contribution is -2.01. The van der Waals surface area contributed by atoms with Crippen LogP contribution in [0.2, 0.25) is 0 Å². The molecule has 5 rings (SSSR count). The molecular weight excluding hydrogens is 360 g/mol. The normalized spacial score (nSPS) is 11.5. The van der Waals surface area contributed by atoms with Crippen molar-refractivity contribution in [1.82, 2.24) is 40.0 Å². The van der Waals surface area contributed by atoms with E-state index in [1.807, 2.05) is 38.2 Å². The van der Waals surface area contributed by atoms with Crippen LogP contribution in [0, 0.1) is 6.92 Å². The highest BCUT2D eigenvalue weighted by Crippen LogP contribution is 2.35. The Balaban J connectivity index is 1.89. The van der Waals surface area contributed by atoms with Gasteiger partial charge in [0, 0.05) is 18.0 Å². The second-order valence-corrected chi connectivity index (χ2v) is 6.27. The first kappa shape index (κ1) is 16.4. The summed E-state index contributed by atoms with van der Waals surface area (Å²) in [6.45, 7) is 4.53. The topological polar surface area (TPSA) is 109 Å². The van der Waals surface area contributed by atoms with Gasteiger partial charge in [-0.3, -0.25) is 4.68 Å². The van der Waals surface area contributed by atoms with Crippen LogP contribution in [0.1, 0.15) is 12.7 Å². The third-order valence-electron chi connectivity index (χ3n) is 4.53. The van der Waals surface area contributed by atoms with Crippen molar-refractivity contribution in [2.45, 2.75) is 20.4 Å². The largest absolute Gasteiger partial charge is 0.496 e. The molecule has 0 spiro atoms. The fraction of sp³-hybridized carbons (Fsp3) is 0.222. The lowest BCUT2D eigenvalue weighted by Gasteiger charge is -2.09. The maximum atomic E-state index is 5.59. The first-order chi connectivity index (χ1) is 13.7. The van der Waals surface area contributed by atoms with Crippen LogP contribution in [0.4, 0.5) is 0 Å². The molecule has 0 fully saturated rings. The van der Waals surface area contributed by atoms with E-state index >= 15 is 0 Å². The van der Waals surface area contributed by atoms with Crippen LogP contribution in [-0.4, -0.2) is 47.1 Å². The zero-order chi connectivity index (χ0) is 19.3. The number of fused-ring (bicyclic) bond motifs is 3. The molecule has 0 bridgehead atoms. The fourth-order valence-electron chi connectivity index (χ4n) is 3.20. The van der Waals surface area contributed by atoms with Gasteiger partial charge in [-0.2, -0.15) is 9.61 Å². The number of hydrogen-bond donors (Lipinski definition) is 0. The highest BCUT2D eigenvalue weighted by Gasteiger charge is 2.21. The molecule has 10 heteroatoms. The highest BCUT2D eigenvalue weighted by molar-refractivity contribution is 6.04. The molecule has 4 heterocycles. The molecule has 0 aliphatic carbocycles. The molecule has 0 unspecified atom stereocenters. The molecule has 0 N–H and O–H groups in total. The monoisotopic (exact) mass is 376 g/mol. The lowest BCUT2D eigenvalue weighted by molar-refractivity contribution is 0.399. The maximum absolute atomic E-state index is 5.59. The van der Waals surface area contributed by atoms with E-state index in [2.05, 4.69) is 25.7 Å². The van der Waals surface area contributed by atoms with Crippen LogP contribution in [0.5, 0.6) is 5.75 Å². The van der Waals surface area contributed by atoms with Gasteiger partial charge in [0.05, 0.1) is 18.7 Å². The number of ether oxygens (including phenoxy) is 1. The summed E-state index contributed by atoms with van der Waals surface area (Å²) in [6.07, 6.45) is 1.85. The van der Waals surface area contributed by atoms with E-state index < -0.39 is 0 Å². The predicted octanol–water partition coefficient (Wildman–Crippen LogP) is 2.53. The van der Waals surface area contributed by atoms with Crippen molar-refractivity contribution in [3.63, 3.8) is 0 Å². The number of nitrogens with zero attached hydrogens (tertiary/aromatic N) is 8. The molecule has 0 aliphatic heterocycles. The van der Waals surface area contributed by atoms with Gasteiger partial charge in [0.2, 0.25) is 5.82 Å². The zero-order valence-corrected chi connectivity index (χ0v) is 15.5. The second-order valence-electron chi connectivity index (χ2n) is 6.27. The van der Waals surface area contributed by atoms with Crippen LogP contribution in [0.25, 0.3) is 39.3 Å². The van der Waals surface area contributed by atoms with E-state index in [0.717, 1.165) is 10.8 Å². The molecule has 10 nitrogen and oxygen atoms in total. The van der Waals surface area contributed by atoms with Gasteiger partial charge in [-0.1, -0.05) is 22.5 Å². The minimum absolute atomic E-state index is 0.487. The first-order valence-corrected chi connectivity index (χ1v) is 8.76. The molecule has 5 aromatic rings. The van der Waals surface area contributed by atoms with Crippen molar-refractivity contribution < 1.29 is 9.26 Å². The van der Waals surface area contributed by atoms with Crippen molar-refractivity contribution in [1.29, 1.82) is 0 Å². The second kappa shape index (κ2) is 6.12. The standard InChI is InChI=1S/C18H16N8O2/c1-4-25-9-13(19-24-25)16-15-11(6-5-7-14(15)27-3)17-20-21-18(26(17)22-16)12-8-10(2)28-23-12/h5-9H,4H2,1-3H3. The molecule has 0 radical (unpaired) electrons. The Hall–Kier alpha value is -3.82. The quantitative estimate of drug-likeness (QED) is 0.471. The van der Waals surface area contributed by atoms with Crippen LogP contribution < -0.4 is 4.74 Å². The van der Waals surface area contributed by atoms with Crippen molar-refractivity contribution in [2.24, 2.45) is 0 Å². The van der Waals surface area contributed by atoms with Gasteiger partial charge < -0.3 is 9.26 Å². The van der Waals surface area contributed by atoms with Crippen LogP contribution >= 0.6 is 0 Å². The van der Waals surface area contributed by atoms with Crippen LogP contribution in [-0.2, 0) is 6.54 Å².